The van der Waals surface area contributed by atoms with E-state index in [2.05, 4.69) is 41.5 Å². The molecule has 0 saturated carbocycles. The topological polar surface area (TPSA) is 61.5 Å². The molecule has 2 unspecified atom stereocenters. The fourth-order valence-electron chi connectivity index (χ4n) is 1.54. The van der Waals surface area contributed by atoms with E-state index < -0.39 is 7.60 Å². The van der Waals surface area contributed by atoms with Crippen molar-refractivity contribution in [1.29, 1.82) is 0 Å². The van der Waals surface area contributed by atoms with E-state index in [1.807, 2.05) is 13.8 Å². The van der Waals surface area contributed by atoms with Crippen molar-refractivity contribution < 1.29 is 13.6 Å². The summed E-state index contributed by atoms with van der Waals surface area (Å²) >= 11 is 0. The Bertz CT molecular complexity index is 529. The molecule has 0 aliphatic heterocycles. The Morgan fingerprint density at radius 3 is 1.52 bits per heavy atom. The highest BCUT2D eigenvalue weighted by Gasteiger charge is 2.38. The summed E-state index contributed by atoms with van der Waals surface area (Å²) in [6, 6.07) is 6.89. The van der Waals surface area contributed by atoms with Gasteiger partial charge >= 0.3 is 7.60 Å². The summed E-state index contributed by atoms with van der Waals surface area (Å²) in [6.07, 6.45) is -0.448. The fourth-order valence-corrected chi connectivity index (χ4v) is 3.81. The van der Waals surface area contributed by atoms with E-state index in [0.29, 0.717) is 11.0 Å². The van der Waals surface area contributed by atoms with Gasteiger partial charge in [0.1, 0.15) is 0 Å². The Hall–Kier alpha value is -0.830. The van der Waals surface area contributed by atoms with Crippen LogP contribution in [0.3, 0.4) is 0 Å². The van der Waals surface area contributed by atoms with Crippen molar-refractivity contribution in [3.05, 3.63) is 24.3 Å². The van der Waals surface area contributed by atoms with Gasteiger partial charge in [0.25, 0.3) is 0 Å². The molecule has 2 N–H and O–H groups in total. The lowest BCUT2D eigenvalue weighted by Crippen LogP contribution is -2.31. The van der Waals surface area contributed by atoms with Gasteiger partial charge in [-0.25, -0.2) is 0 Å². The van der Waals surface area contributed by atoms with Gasteiger partial charge in [-0.2, -0.15) is 0 Å². The highest BCUT2D eigenvalue weighted by atomic mass is 31.2. The van der Waals surface area contributed by atoms with Crippen molar-refractivity contribution in [3.63, 3.8) is 0 Å². The first-order chi connectivity index (χ1) is 10.3. The van der Waals surface area contributed by atoms with Crippen molar-refractivity contribution in [3.8, 4) is 0 Å². The SMILES string of the molecule is CC(OP(=O)(OC(C)C(C)(C)C)c1ccc(N)cc1)C(C)(C)C. The van der Waals surface area contributed by atoms with Gasteiger partial charge in [-0.15, -0.1) is 0 Å². The van der Waals surface area contributed by atoms with Crippen LogP contribution < -0.4 is 11.0 Å². The molecule has 1 aromatic rings. The van der Waals surface area contributed by atoms with Crippen LogP contribution in [0.4, 0.5) is 5.69 Å². The zero-order chi connectivity index (χ0) is 18.1. The van der Waals surface area contributed by atoms with E-state index in [1.165, 1.54) is 0 Å². The molecule has 23 heavy (non-hydrogen) atoms. The summed E-state index contributed by atoms with van der Waals surface area (Å²) in [5.74, 6) is 0. The lowest BCUT2D eigenvalue weighted by Gasteiger charge is -2.35. The summed E-state index contributed by atoms with van der Waals surface area (Å²) in [4.78, 5) is 0. The third-order valence-electron chi connectivity index (χ3n) is 4.24. The van der Waals surface area contributed by atoms with E-state index in [4.69, 9.17) is 14.8 Å². The molecule has 1 rings (SSSR count). The van der Waals surface area contributed by atoms with Crippen molar-refractivity contribution in [2.24, 2.45) is 10.8 Å². The molecule has 5 heteroatoms. The molecule has 0 aliphatic carbocycles. The highest BCUT2D eigenvalue weighted by molar-refractivity contribution is 7.62. The van der Waals surface area contributed by atoms with Crippen molar-refractivity contribution in [2.45, 2.75) is 67.6 Å². The molecule has 0 saturated heterocycles. The summed E-state index contributed by atoms with van der Waals surface area (Å²) in [5, 5.41) is 0.541. The lowest BCUT2D eigenvalue weighted by molar-refractivity contribution is 0.0431. The van der Waals surface area contributed by atoms with Crippen LogP contribution in [0.2, 0.25) is 0 Å². The molecule has 0 spiro atoms. The number of rotatable bonds is 5. The Balaban J connectivity index is 3.19. The van der Waals surface area contributed by atoms with Crippen LogP contribution in [-0.4, -0.2) is 12.2 Å². The summed E-state index contributed by atoms with van der Waals surface area (Å²) in [6.45, 7) is 16.2. The summed E-state index contributed by atoms with van der Waals surface area (Å²) in [5.41, 5.74) is 6.08. The Morgan fingerprint density at radius 1 is 0.870 bits per heavy atom. The molecule has 132 valence electrons. The summed E-state index contributed by atoms with van der Waals surface area (Å²) in [7, 11) is -3.45. The van der Waals surface area contributed by atoms with Crippen molar-refractivity contribution in [2.75, 3.05) is 5.73 Å². The minimum absolute atomic E-state index is 0.141. The minimum atomic E-state index is -3.45. The molecule has 0 aliphatic rings. The average Bonchev–Trinajstić information content (AvgIpc) is 2.36. The average molecular weight is 341 g/mol. The third kappa shape index (κ3) is 5.63. The molecule has 2 atom stereocenters. The van der Waals surface area contributed by atoms with Gasteiger partial charge in [-0.3, -0.25) is 4.57 Å². The van der Waals surface area contributed by atoms with E-state index in [1.54, 1.807) is 24.3 Å². The molecule has 0 radical (unpaired) electrons. The van der Waals surface area contributed by atoms with Gasteiger partial charge in [0.05, 0.1) is 17.5 Å². The van der Waals surface area contributed by atoms with Gasteiger partial charge < -0.3 is 14.8 Å². The van der Waals surface area contributed by atoms with E-state index >= 15 is 0 Å². The largest absolute Gasteiger partial charge is 0.399 e. The second-order valence-electron chi connectivity index (χ2n) is 8.32. The minimum Gasteiger partial charge on any atom is -0.399 e. The standard InChI is InChI=1S/C18H32NO3P/c1-13(17(3,4)5)21-23(20,22-14(2)18(6,7)8)16-11-9-15(19)10-12-16/h9-14H,19H2,1-8H3. The molecular weight excluding hydrogens is 309 g/mol. The number of hydrogen-bond acceptors (Lipinski definition) is 4. The first-order valence-electron chi connectivity index (χ1n) is 8.08. The smallest absolute Gasteiger partial charge is 0.361 e. The second-order valence-corrected chi connectivity index (χ2v) is 10.2. The quantitative estimate of drug-likeness (QED) is 0.605. The summed E-state index contributed by atoms with van der Waals surface area (Å²) < 4.78 is 25.5. The molecule has 0 heterocycles. The monoisotopic (exact) mass is 341 g/mol. The Morgan fingerprint density at radius 2 is 1.22 bits per heavy atom. The fraction of sp³-hybridized carbons (Fsp3) is 0.667. The molecule has 4 nitrogen and oxygen atoms in total. The number of benzene rings is 1. The van der Waals surface area contributed by atoms with Crippen LogP contribution in [0, 0.1) is 10.8 Å². The molecule has 0 bridgehead atoms. The van der Waals surface area contributed by atoms with Gasteiger partial charge in [0, 0.05) is 5.69 Å². The van der Waals surface area contributed by atoms with Gasteiger partial charge in [-0.05, 0) is 48.9 Å². The number of hydrogen-bond donors (Lipinski definition) is 1. The van der Waals surface area contributed by atoms with Crippen LogP contribution >= 0.6 is 7.60 Å². The number of anilines is 1. The van der Waals surface area contributed by atoms with Gasteiger partial charge in [0.15, 0.2) is 0 Å². The molecule has 1 aromatic carbocycles. The number of nitrogens with two attached hydrogens (primary N) is 1. The zero-order valence-corrected chi connectivity index (χ0v) is 16.6. The van der Waals surface area contributed by atoms with E-state index in [0.717, 1.165) is 0 Å². The van der Waals surface area contributed by atoms with Crippen LogP contribution in [-0.2, 0) is 13.6 Å². The zero-order valence-electron chi connectivity index (χ0n) is 15.7. The second kappa shape index (κ2) is 6.96. The third-order valence-corrected chi connectivity index (χ3v) is 6.36. The molecule has 0 aromatic heterocycles. The maximum atomic E-state index is 13.6. The van der Waals surface area contributed by atoms with E-state index in [-0.39, 0.29) is 23.0 Å². The predicted molar refractivity (Wildman–Crippen MR) is 98.1 cm³/mol. The van der Waals surface area contributed by atoms with Crippen molar-refractivity contribution >= 4 is 18.6 Å². The van der Waals surface area contributed by atoms with Crippen LogP contribution in [0.15, 0.2) is 24.3 Å². The van der Waals surface area contributed by atoms with Crippen LogP contribution in [0.1, 0.15) is 55.4 Å². The van der Waals surface area contributed by atoms with Crippen LogP contribution in [0.5, 0.6) is 0 Å². The number of nitrogen functional groups attached to an aromatic ring is 1. The lowest BCUT2D eigenvalue weighted by atomic mass is 9.91. The first-order valence-corrected chi connectivity index (χ1v) is 9.63. The molecule has 0 fully saturated rings. The Kier molecular flexibility index (Phi) is 6.12. The first kappa shape index (κ1) is 20.2. The molecular formula is C18H32NO3P. The predicted octanol–water partition coefficient (Wildman–Crippen LogP) is 4.99. The maximum absolute atomic E-state index is 13.6. The van der Waals surface area contributed by atoms with Crippen molar-refractivity contribution in [1.82, 2.24) is 0 Å². The van der Waals surface area contributed by atoms with Gasteiger partial charge in [0.2, 0.25) is 0 Å². The van der Waals surface area contributed by atoms with E-state index in [9.17, 15) is 4.57 Å². The van der Waals surface area contributed by atoms with Crippen LogP contribution in [0.25, 0.3) is 0 Å². The normalized spacial score (nSPS) is 18.3. The Labute approximate surface area is 141 Å². The maximum Gasteiger partial charge on any atom is 0.361 e. The van der Waals surface area contributed by atoms with Gasteiger partial charge in [-0.1, -0.05) is 41.5 Å². The molecule has 0 amide bonds. The highest BCUT2D eigenvalue weighted by Crippen LogP contribution is 2.53.